The second kappa shape index (κ2) is 8.13. The Morgan fingerprint density at radius 2 is 1.70 bits per heavy atom. The number of carbonyl (C=O) groups is 1. The van der Waals surface area contributed by atoms with E-state index in [9.17, 15) is 13.2 Å². The Balaban J connectivity index is 1.73. The normalized spacial score (nSPS) is 20.1. The van der Waals surface area contributed by atoms with Crippen molar-refractivity contribution >= 4 is 21.6 Å². The van der Waals surface area contributed by atoms with E-state index in [0.29, 0.717) is 17.2 Å². The van der Waals surface area contributed by atoms with Crippen molar-refractivity contribution in [3.8, 4) is 0 Å². The van der Waals surface area contributed by atoms with E-state index >= 15 is 0 Å². The minimum absolute atomic E-state index is 0.0777. The molecule has 144 valence electrons. The molecular formula is C21H26N2O3S. The molecule has 27 heavy (non-hydrogen) atoms. The minimum Gasteiger partial charge on any atom is -0.349 e. The first-order chi connectivity index (χ1) is 12.8. The fraction of sp³-hybridized carbons (Fsp3) is 0.381. The number of anilines is 1. The Kier molecular flexibility index (Phi) is 5.85. The van der Waals surface area contributed by atoms with Gasteiger partial charge in [0.15, 0.2) is 0 Å². The topological polar surface area (TPSA) is 75.3 Å². The first-order valence-corrected chi connectivity index (χ1v) is 10.8. The van der Waals surface area contributed by atoms with Crippen LogP contribution in [0.15, 0.2) is 53.4 Å². The number of benzene rings is 2. The molecule has 6 heteroatoms. The van der Waals surface area contributed by atoms with Crippen LogP contribution in [0, 0.1) is 12.8 Å². The molecule has 0 aromatic heterocycles. The molecule has 0 heterocycles. The standard InChI is InChI=1S/C21H26N2O3S/c1-15-9-11-18(12-10-15)22-21(24)17-6-4-8-20(14-17)27(25,26)23-19-7-3-5-16(2)13-19/h3-8,13-15,18,23H,9-12H2,1-2H3,(H,22,24). The minimum atomic E-state index is -3.76. The SMILES string of the molecule is Cc1cccc(NS(=O)(=O)c2cccc(C(=O)NC3CCC(C)CC3)c2)c1. The van der Waals surface area contributed by atoms with E-state index in [1.165, 1.54) is 12.1 Å². The molecule has 0 unspecified atom stereocenters. The van der Waals surface area contributed by atoms with Gasteiger partial charge in [0, 0.05) is 17.3 Å². The lowest BCUT2D eigenvalue weighted by molar-refractivity contribution is 0.0923. The van der Waals surface area contributed by atoms with E-state index in [4.69, 9.17) is 0 Å². The van der Waals surface area contributed by atoms with Gasteiger partial charge in [0.05, 0.1) is 4.90 Å². The van der Waals surface area contributed by atoms with E-state index in [1.807, 2.05) is 13.0 Å². The molecule has 0 saturated heterocycles. The van der Waals surface area contributed by atoms with Gasteiger partial charge in [0.25, 0.3) is 15.9 Å². The number of rotatable bonds is 5. The third-order valence-corrected chi connectivity index (χ3v) is 6.41. The molecule has 1 aliphatic carbocycles. The lowest BCUT2D eigenvalue weighted by Gasteiger charge is -2.26. The zero-order valence-electron chi connectivity index (χ0n) is 15.7. The lowest BCUT2D eigenvalue weighted by atomic mass is 9.87. The first kappa shape index (κ1) is 19.4. The largest absolute Gasteiger partial charge is 0.349 e. The molecule has 1 fully saturated rings. The van der Waals surface area contributed by atoms with Crippen molar-refractivity contribution in [1.82, 2.24) is 5.32 Å². The van der Waals surface area contributed by atoms with Crippen LogP contribution < -0.4 is 10.0 Å². The summed E-state index contributed by atoms with van der Waals surface area (Å²) in [6.07, 6.45) is 4.17. The van der Waals surface area contributed by atoms with Gasteiger partial charge < -0.3 is 5.32 Å². The molecule has 0 atom stereocenters. The number of hydrogen-bond acceptors (Lipinski definition) is 3. The summed E-state index contributed by atoms with van der Waals surface area (Å²) in [6, 6.07) is 13.5. The van der Waals surface area contributed by atoms with Gasteiger partial charge in [-0.05, 0) is 74.4 Å². The van der Waals surface area contributed by atoms with E-state index in [-0.39, 0.29) is 16.8 Å². The van der Waals surface area contributed by atoms with E-state index in [2.05, 4.69) is 17.0 Å². The highest BCUT2D eigenvalue weighted by Gasteiger charge is 2.21. The summed E-state index contributed by atoms with van der Waals surface area (Å²) in [5.74, 6) is 0.487. The molecule has 0 aliphatic heterocycles. The third-order valence-electron chi connectivity index (χ3n) is 5.03. The van der Waals surface area contributed by atoms with Gasteiger partial charge in [-0.25, -0.2) is 8.42 Å². The molecule has 0 radical (unpaired) electrons. The van der Waals surface area contributed by atoms with Crippen molar-refractivity contribution < 1.29 is 13.2 Å². The maximum Gasteiger partial charge on any atom is 0.261 e. The Hall–Kier alpha value is -2.34. The summed E-state index contributed by atoms with van der Waals surface area (Å²) in [7, 11) is -3.76. The summed E-state index contributed by atoms with van der Waals surface area (Å²) in [5, 5.41) is 3.04. The Morgan fingerprint density at radius 1 is 1.00 bits per heavy atom. The Labute approximate surface area is 161 Å². The predicted molar refractivity (Wildman–Crippen MR) is 107 cm³/mol. The molecule has 2 aromatic rings. The average molecular weight is 387 g/mol. The van der Waals surface area contributed by atoms with Crippen LogP contribution in [0.1, 0.15) is 48.5 Å². The highest BCUT2D eigenvalue weighted by atomic mass is 32.2. The first-order valence-electron chi connectivity index (χ1n) is 9.34. The average Bonchev–Trinajstić information content (AvgIpc) is 2.63. The fourth-order valence-corrected chi connectivity index (χ4v) is 4.50. The quantitative estimate of drug-likeness (QED) is 0.812. The number of hydrogen-bond donors (Lipinski definition) is 2. The van der Waals surface area contributed by atoms with Crippen LogP contribution in [-0.4, -0.2) is 20.4 Å². The third kappa shape index (κ3) is 5.10. The van der Waals surface area contributed by atoms with Crippen LogP contribution in [0.25, 0.3) is 0 Å². The molecular weight excluding hydrogens is 360 g/mol. The van der Waals surface area contributed by atoms with Crippen LogP contribution in [0.4, 0.5) is 5.69 Å². The zero-order chi connectivity index (χ0) is 19.4. The second-order valence-corrected chi connectivity index (χ2v) is 9.12. The fourth-order valence-electron chi connectivity index (χ4n) is 3.40. The number of sulfonamides is 1. The number of carbonyl (C=O) groups excluding carboxylic acids is 1. The molecule has 1 aliphatic rings. The smallest absolute Gasteiger partial charge is 0.261 e. The van der Waals surface area contributed by atoms with E-state index < -0.39 is 10.0 Å². The highest BCUT2D eigenvalue weighted by Crippen LogP contribution is 2.24. The van der Waals surface area contributed by atoms with Crippen molar-refractivity contribution in [3.63, 3.8) is 0 Å². The van der Waals surface area contributed by atoms with Gasteiger partial charge in [-0.1, -0.05) is 25.1 Å². The van der Waals surface area contributed by atoms with Gasteiger partial charge in [0.1, 0.15) is 0 Å². The van der Waals surface area contributed by atoms with E-state index in [1.54, 1.807) is 30.3 Å². The van der Waals surface area contributed by atoms with Gasteiger partial charge >= 0.3 is 0 Å². The Bertz CT molecular complexity index is 917. The van der Waals surface area contributed by atoms with Gasteiger partial charge in [-0.15, -0.1) is 0 Å². The molecule has 3 rings (SSSR count). The van der Waals surface area contributed by atoms with Gasteiger partial charge in [-0.3, -0.25) is 9.52 Å². The predicted octanol–water partition coefficient (Wildman–Crippen LogP) is 4.10. The summed E-state index contributed by atoms with van der Waals surface area (Å²) < 4.78 is 27.9. The molecule has 0 spiro atoms. The monoisotopic (exact) mass is 386 g/mol. The van der Waals surface area contributed by atoms with Gasteiger partial charge in [0.2, 0.25) is 0 Å². The summed E-state index contributed by atoms with van der Waals surface area (Å²) in [6.45, 7) is 4.13. The van der Waals surface area contributed by atoms with Crippen LogP contribution in [0.5, 0.6) is 0 Å². The summed E-state index contributed by atoms with van der Waals surface area (Å²) in [5.41, 5.74) is 1.83. The van der Waals surface area contributed by atoms with Crippen molar-refractivity contribution in [1.29, 1.82) is 0 Å². The number of aryl methyl sites for hydroxylation is 1. The lowest BCUT2D eigenvalue weighted by Crippen LogP contribution is -2.37. The molecule has 0 bridgehead atoms. The van der Waals surface area contributed by atoms with Gasteiger partial charge in [-0.2, -0.15) is 0 Å². The highest BCUT2D eigenvalue weighted by molar-refractivity contribution is 7.92. The Morgan fingerprint density at radius 3 is 2.41 bits per heavy atom. The second-order valence-electron chi connectivity index (χ2n) is 7.43. The number of amides is 1. The molecule has 2 aromatic carbocycles. The summed E-state index contributed by atoms with van der Waals surface area (Å²) >= 11 is 0. The van der Waals surface area contributed by atoms with Crippen molar-refractivity contribution in [3.05, 3.63) is 59.7 Å². The van der Waals surface area contributed by atoms with Crippen LogP contribution in [-0.2, 0) is 10.0 Å². The maximum absolute atomic E-state index is 12.7. The van der Waals surface area contributed by atoms with E-state index in [0.717, 1.165) is 31.2 Å². The number of nitrogens with one attached hydrogen (secondary N) is 2. The molecule has 5 nitrogen and oxygen atoms in total. The maximum atomic E-state index is 12.7. The molecule has 1 amide bonds. The molecule has 1 saturated carbocycles. The van der Waals surface area contributed by atoms with Crippen molar-refractivity contribution in [2.24, 2.45) is 5.92 Å². The van der Waals surface area contributed by atoms with Crippen molar-refractivity contribution in [2.75, 3.05) is 4.72 Å². The summed E-state index contributed by atoms with van der Waals surface area (Å²) in [4.78, 5) is 12.6. The van der Waals surface area contributed by atoms with Crippen LogP contribution >= 0.6 is 0 Å². The molecule has 2 N–H and O–H groups in total. The van der Waals surface area contributed by atoms with Crippen molar-refractivity contribution in [2.45, 2.75) is 50.5 Å². The van der Waals surface area contributed by atoms with Crippen LogP contribution in [0.2, 0.25) is 0 Å². The zero-order valence-corrected chi connectivity index (χ0v) is 16.6. The van der Waals surface area contributed by atoms with Crippen LogP contribution in [0.3, 0.4) is 0 Å².